The van der Waals surface area contributed by atoms with E-state index >= 15 is 0 Å². The van der Waals surface area contributed by atoms with Gasteiger partial charge in [-0.1, -0.05) is 12.1 Å². The van der Waals surface area contributed by atoms with Crippen LogP contribution in [0.1, 0.15) is 30.0 Å². The lowest BCUT2D eigenvalue weighted by atomic mass is 9.95. The van der Waals surface area contributed by atoms with E-state index in [9.17, 15) is 5.11 Å². The van der Waals surface area contributed by atoms with Gasteiger partial charge in [0, 0.05) is 11.6 Å². The molecular formula is C19H21NO4. The van der Waals surface area contributed by atoms with Crippen molar-refractivity contribution >= 4 is 0 Å². The van der Waals surface area contributed by atoms with Crippen LogP contribution in [0.5, 0.6) is 23.0 Å². The zero-order chi connectivity index (χ0) is 16.5. The topological polar surface area (TPSA) is 51.2 Å². The molecule has 0 amide bonds. The molecule has 1 atom stereocenters. The third-order valence-electron chi connectivity index (χ3n) is 4.73. The quantitative estimate of drug-likeness (QED) is 0.933. The van der Waals surface area contributed by atoms with E-state index in [0.29, 0.717) is 11.5 Å². The molecule has 0 bridgehead atoms. The van der Waals surface area contributed by atoms with Gasteiger partial charge in [-0.2, -0.15) is 0 Å². The van der Waals surface area contributed by atoms with E-state index in [1.54, 1.807) is 13.2 Å². The third-order valence-corrected chi connectivity index (χ3v) is 4.73. The van der Waals surface area contributed by atoms with E-state index < -0.39 is 0 Å². The van der Waals surface area contributed by atoms with E-state index in [4.69, 9.17) is 14.2 Å². The van der Waals surface area contributed by atoms with Gasteiger partial charge in [0.15, 0.2) is 11.5 Å². The van der Waals surface area contributed by atoms with E-state index in [1.165, 1.54) is 12.8 Å². The minimum absolute atomic E-state index is 0.0305. The van der Waals surface area contributed by atoms with E-state index in [0.717, 1.165) is 30.0 Å². The first-order valence-corrected chi connectivity index (χ1v) is 8.27. The molecule has 2 heterocycles. The summed E-state index contributed by atoms with van der Waals surface area (Å²) in [6, 6.07) is 11.6. The maximum atomic E-state index is 10.6. The predicted octanol–water partition coefficient (Wildman–Crippen LogP) is 3.31. The van der Waals surface area contributed by atoms with Crippen molar-refractivity contribution in [3.05, 3.63) is 47.5 Å². The number of likely N-dealkylation sites (tertiary alicyclic amines) is 1. The standard InChI is InChI=1S/C19H21NO4/c1-22-14-6-4-5-13(9-14)19(20-7-2-3-8-20)15-10-17-18(11-16(15)21)24-12-23-17/h4-6,9-11,19,21H,2-3,7-8,12H2,1H3/t19-/m0/s1. The molecule has 1 saturated heterocycles. The maximum Gasteiger partial charge on any atom is 0.231 e. The number of hydrogen-bond donors (Lipinski definition) is 1. The fourth-order valence-corrected chi connectivity index (χ4v) is 3.56. The van der Waals surface area contributed by atoms with Crippen molar-refractivity contribution in [3.8, 4) is 23.0 Å². The summed E-state index contributed by atoms with van der Waals surface area (Å²) in [5.74, 6) is 2.34. The molecular weight excluding hydrogens is 306 g/mol. The van der Waals surface area contributed by atoms with Gasteiger partial charge in [0.1, 0.15) is 11.5 Å². The summed E-state index contributed by atoms with van der Waals surface area (Å²) in [4.78, 5) is 2.39. The third kappa shape index (κ3) is 2.65. The van der Waals surface area contributed by atoms with Crippen molar-refractivity contribution in [2.45, 2.75) is 18.9 Å². The first-order chi connectivity index (χ1) is 11.8. The highest BCUT2D eigenvalue weighted by Gasteiger charge is 2.29. The normalized spacial score (nSPS) is 17.9. The number of ether oxygens (including phenoxy) is 3. The molecule has 2 aromatic rings. The van der Waals surface area contributed by atoms with E-state index in [-0.39, 0.29) is 18.6 Å². The number of phenols is 1. The van der Waals surface area contributed by atoms with Crippen molar-refractivity contribution in [1.29, 1.82) is 0 Å². The van der Waals surface area contributed by atoms with Crippen LogP contribution in [0, 0.1) is 0 Å². The molecule has 5 heteroatoms. The highest BCUT2D eigenvalue weighted by Crippen LogP contribution is 2.44. The number of benzene rings is 2. The molecule has 0 aromatic heterocycles. The van der Waals surface area contributed by atoms with Crippen LogP contribution in [-0.2, 0) is 0 Å². The summed E-state index contributed by atoms with van der Waals surface area (Å²) in [5.41, 5.74) is 1.94. The zero-order valence-electron chi connectivity index (χ0n) is 13.7. The van der Waals surface area contributed by atoms with Crippen LogP contribution < -0.4 is 14.2 Å². The summed E-state index contributed by atoms with van der Waals surface area (Å²) in [6.07, 6.45) is 2.34. The molecule has 0 unspecified atom stereocenters. The van der Waals surface area contributed by atoms with Crippen LogP contribution in [0.25, 0.3) is 0 Å². The van der Waals surface area contributed by atoms with Gasteiger partial charge >= 0.3 is 0 Å². The molecule has 2 aromatic carbocycles. The monoisotopic (exact) mass is 327 g/mol. The van der Waals surface area contributed by atoms with Crippen LogP contribution in [0.4, 0.5) is 0 Å². The Morgan fingerprint density at radius 2 is 1.83 bits per heavy atom. The van der Waals surface area contributed by atoms with E-state index in [1.807, 2.05) is 24.3 Å². The minimum atomic E-state index is -0.0305. The number of hydrogen-bond acceptors (Lipinski definition) is 5. The van der Waals surface area contributed by atoms with Crippen molar-refractivity contribution in [2.75, 3.05) is 27.0 Å². The first-order valence-electron chi connectivity index (χ1n) is 8.27. The Balaban J connectivity index is 1.81. The second kappa shape index (κ2) is 6.24. The van der Waals surface area contributed by atoms with E-state index in [2.05, 4.69) is 11.0 Å². The molecule has 4 rings (SSSR count). The van der Waals surface area contributed by atoms with Gasteiger partial charge in [-0.3, -0.25) is 4.90 Å². The summed E-state index contributed by atoms with van der Waals surface area (Å²) in [7, 11) is 1.67. The predicted molar refractivity (Wildman–Crippen MR) is 89.9 cm³/mol. The Bertz CT molecular complexity index is 740. The van der Waals surface area contributed by atoms with Crippen LogP contribution in [0.3, 0.4) is 0 Å². The lowest BCUT2D eigenvalue weighted by molar-refractivity contribution is 0.173. The van der Waals surface area contributed by atoms with Crippen LogP contribution in [-0.4, -0.2) is 37.0 Å². The van der Waals surface area contributed by atoms with Crippen molar-refractivity contribution in [3.63, 3.8) is 0 Å². The Morgan fingerprint density at radius 3 is 2.58 bits per heavy atom. The summed E-state index contributed by atoms with van der Waals surface area (Å²) in [5, 5.41) is 10.6. The van der Waals surface area contributed by atoms with Gasteiger partial charge in [0.05, 0.1) is 13.2 Å². The molecule has 0 spiro atoms. The number of fused-ring (bicyclic) bond motifs is 1. The Labute approximate surface area is 141 Å². The second-order valence-corrected chi connectivity index (χ2v) is 6.19. The average molecular weight is 327 g/mol. The molecule has 126 valence electrons. The first kappa shape index (κ1) is 15.1. The number of rotatable bonds is 4. The van der Waals surface area contributed by atoms with Gasteiger partial charge in [-0.15, -0.1) is 0 Å². The maximum absolute atomic E-state index is 10.6. The molecule has 1 fully saturated rings. The molecule has 24 heavy (non-hydrogen) atoms. The smallest absolute Gasteiger partial charge is 0.231 e. The summed E-state index contributed by atoms with van der Waals surface area (Å²) >= 11 is 0. The Kier molecular flexibility index (Phi) is 3.94. The van der Waals surface area contributed by atoms with Crippen LogP contribution in [0.15, 0.2) is 36.4 Å². The second-order valence-electron chi connectivity index (χ2n) is 6.19. The molecule has 0 radical (unpaired) electrons. The molecule has 0 aliphatic carbocycles. The number of aromatic hydroxyl groups is 1. The highest BCUT2D eigenvalue weighted by atomic mass is 16.7. The summed E-state index contributed by atoms with van der Waals surface area (Å²) < 4.78 is 16.3. The molecule has 0 saturated carbocycles. The Hall–Kier alpha value is -2.40. The fourth-order valence-electron chi connectivity index (χ4n) is 3.56. The van der Waals surface area contributed by atoms with Crippen molar-refractivity contribution < 1.29 is 19.3 Å². The van der Waals surface area contributed by atoms with Crippen LogP contribution >= 0.6 is 0 Å². The number of phenolic OH excluding ortho intramolecular Hbond substituents is 1. The molecule has 1 N–H and O–H groups in total. The lowest BCUT2D eigenvalue weighted by Gasteiger charge is -2.29. The SMILES string of the molecule is COc1cccc([C@@H](c2cc3c(cc2O)OCO3)N2CCCC2)c1. The van der Waals surface area contributed by atoms with Gasteiger partial charge < -0.3 is 19.3 Å². The largest absolute Gasteiger partial charge is 0.507 e. The van der Waals surface area contributed by atoms with Gasteiger partial charge in [-0.25, -0.2) is 0 Å². The Morgan fingerprint density at radius 1 is 1.08 bits per heavy atom. The van der Waals surface area contributed by atoms with Gasteiger partial charge in [0.25, 0.3) is 0 Å². The van der Waals surface area contributed by atoms with Crippen molar-refractivity contribution in [2.24, 2.45) is 0 Å². The molecule has 2 aliphatic rings. The highest BCUT2D eigenvalue weighted by molar-refractivity contribution is 5.54. The average Bonchev–Trinajstić information content (AvgIpc) is 3.27. The van der Waals surface area contributed by atoms with Gasteiger partial charge in [-0.05, 0) is 49.7 Å². The number of nitrogens with zero attached hydrogens (tertiary/aromatic N) is 1. The lowest BCUT2D eigenvalue weighted by Crippen LogP contribution is -2.26. The van der Waals surface area contributed by atoms with Crippen molar-refractivity contribution in [1.82, 2.24) is 4.90 Å². The minimum Gasteiger partial charge on any atom is -0.507 e. The molecule has 5 nitrogen and oxygen atoms in total. The number of methoxy groups -OCH3 is 1. The van der Waals surface area contributed by atoms with Gasteiger partial charge in [0.2, 0.25) is 6.79 Å². The zero-order valence-corrected chi connectivity index (χ0v) is 13.7. The molecule has 2 aliphatic heterocycles. The summed E-state index contributed by atoms with van der Waals surface area (Å²) in [6.45, 7) is 2.22. The van der Waals surface area contributed by atoms with Crippen LogP contribution in [0.2, 0.25) is 0 Å². The fraction of sp³-hybridized carbons (Fsp3) is 0.368.